The van der Waals surface area contributed by atoms with Gasteiger partial charge in [0.15, 0.2) is 0 Å². The zero-order valence-electron chi connectivity index (χ0n) is 29.1. The van der Waals surface area contributed by atoms with Gasteiger partial charge in [0, 0.05) is 13.0 Å². The Labute approximate surface area is 271 Å². The fourth-order valence-electron chi connectivity index (χ4n) is 4.46. The lowest BCUT2D eigenvalue weighted by atomic mass is 10.1. The number of rotatable bonds is 32. The first-order chi connectivity index (χ1) is 21.1. The third-order valence-corrected chi connectivity index (χ3v) is 8.25. The van der Waals surface area contributed by atoms with Crippen molar-refractivity contribution in [1.82, 2.24) is 0 Å². The Morgan fingerprint density at radius 3 is 1.89 bits per heavy atom. The summed E-state index contributed by atoms with van der Waals surface area (Å²) >= 11 is 0. The molecule has 2 unspecified atom stereocenters. The molecule has 0 aliphatic rings. The molecule has 0 heterocycles. The van der Waals surface area contributed by atoms with Crippen molar-refractivity contribution in [3.63, 3.8) is 0 Å². The normalized spacial score (nSPS) is 14.4. The average molecular weight is 647 g/mol. The van der Waals surface area contributed by atoms with E-state index in [-0.39, 0.29) is 25.8 Å². The van der Waals surface area contributed by atoms with E-state index in [4.69, 9.17) is 18.5 Å². The highest BCUT2D eigenvalue weighted by atomic mass is 31.2. The molecule has 2 atom stereocenters. The van der Waals surface area contributed by atoms with Gasteiger partial charge in [-0.25, -0.2) is 4.57 Å². The lowest BCUT2D eigenvalue weighted by Crippen LogP contribution is -2.37. The number of nitrogens with zero attached hydrogens (tertiary/aromatic N) is 1. The van der Waals surface area contributed by atoms with Crippen LogP contribution in [0.1, 0.15) is 136 Å². The highest BCUT2D eigenvalue weighted by molar-refractivity contribution is 7.47. The van der Waals surface area contributed by atoms with Crippen molar-refractivity contribution in [2.24, 2.45) is 0 Å². The van der Waals surface area contributed by atoms with Crippen LogP contribution >= 0.6 is 7.82 Å². The van der Waals surface area contributed by atoms with Crippen LogP contribution in [0.5, 0.6) is 0 Å². The van der Waals surface area contributed by atoms with Gasteiger partial charge in [0.25, 0.3) is 0 Å². The van der Waals surface area contributed by atoms with E-state index in [9.17, 15) is 14.3 Å². The molecule has 44 heavy (non-hydrogen) atoms. The minimum atomic E-state index is -4.26. The predicted molar refractivity (Wildman–Crippen MR) is 183 cm³/mol. The molecule has 0 bridgehead atoms. The Hall–Kier alpha value is -1.02. The van der Waals surface area contributed by atoms with Gasteiger partial charge >= 0.3 is 13.8 Å². The van der Waals surface area contributed by atoms with Crippen molar-refractivity contribution in [3.05, 3.63) is 24.3 Å². The number of phosphoric acid groups is 1. The molecule has 260 valence electrons. The summed E-state index contributed by atoms with van der Waals surface area (Å²) in [5, 5.41) is 0. The minimum Gasteiger partial charge on any atom is -0.457 e. The highest BCUT2D eigenvalue weighted by Gasteiger charge is 2.26. The number of unbranched alkanes of at least 4 members (excludes halogenated alkanes) is 14. The Bertz CT molecular complexity index is 767. The first kappa shape index (κ1) is 43.0. The second-order valence-electron chi connectivity index (χ2n) is 12.9. The van der Waals surface area contributed by atoms with Crippen LogP contribution in [-0.4, -0.2) is 75.6 Å². The number of hydrogen-bond acceptors (Lipinski definition) is 6. The van der Waals surface area contributed by atoms with E-state index >= 15 is 0 Å². The van der Waals surface area contributed by atoms with Crippen LogP contribution in [0.2, 0.25) is 0 Å². The van der Waals surface area contributed by atoms with Gasteiger partial charge < -0.3 is 18.9 Å². The summed E-state index contributed by atoms with van der Waals surface area (Å²) in [5.41, 5.74) is 0. The number of carbonyl (C=O) groups excluding carboxylic acids is 1. The fraction of sp³-hybridized carbons (Fsp3) is 0.857. The number of ether oxygens (including phenoxy) is 2. The Morgan fingerprint density at radius 2 is 1.25 bits per heavy atom. The average Bonchev–Trinajstić information content (AvgIpc) is 2.96. The second-order valence-corrected chi connectivity index (χ2v) is 14.4. The molecule has 0 saturated carbocycles. The van der Waals surface area contributed by atoms with Crippen LogP contribution in [0.4, 0.5) is 0 Å². The molecule has 0 radical (unpaired) electrons. The monoisotopic (exact) mass is 646 g/mol. The van der Waals surface area contributed by atoms with Crippen molar-refractivity contribution in [1.29, 1.82) is 0 Å². The number of hydrogen-bond donors (Lipinski definition) is 1. The van der Waals surface area contributed by atoms with Crippen LogP contribution in [0.15, 0.2) is 24.3 Å². The Balaban J connectivity index is 4.23. The van der Waals surface area contributed by atoms with Crippen LogP contribution in [0.25, 0.3) is 0 Å². The van der Waals surface area contributed by atoms with Crippen LogP contribution < -0.4 is 0 Å². The molecule has 0 aliphatic carbocycles. The summed E-state index contributed by atoms with van der Waals surface area (Å²) in [7, 11) is 1.66. The van der Waals surface area contributed by atoms with E-state index in [0.29, 0.717) is 24.1 Å². The maximum absolute atomic E-state index is 12.4. The van der Waals surface area contributed by atoms with Crippen molar-refractivity contribution in [2.45, 2.75) is 142 Å². The number of carbonyl (C=O) groups is 1. The molecule has 0 aliphatic heterocycles. The smallest absolute Gasteiger partial charge is 0.457 e. The number of esters is 1. The summed E-state index contributed by atoms with van der Waals surface area (Å²) in [6.07, 6.45) is 29.4. The van der Waals surface area contributed by atoms with Gasteiger partial charge in [-0.1, -0.05) is 109 Å². The first-order valence-electron chi connectivity index (χ1n) is 17.6. The van der Waals surface area contributed by atoms with Gasteiger partial charge in [-0.05, 0) is 44.9 Å². The standard InChI is InChI=1S/C35H68NO7P/c1-6-8-10-12-14-15-16-17-18-19-20-21-22-23-25-27-30-40-32-34(43-35(37)28-26-24-13-11-9-7-2)33-42-44(38,39)41-31-29-36(3,4)5/h14-15,17-18,34H,6-13,16,19-33H2,1-5H3/p+1/b15-14-,18-17-. The van der Waals surface area contributed by atoms with E-state index in [2.05, 4.69) is 38.2 Å². The van der Waals surface area contributed by atoms with E-state index in [1.807, 2.05) is 21.1 Å². The molecule has 0 aromatic rings. The van der Waals surface area contributed by atoms with E-state index in [1.165, 1.54) is 70.6 Å². The Morgan fingerprint density at radius 1 is 0.705 bits per heavy atom. The topological polar surface area (TPSA) is 91.3 Å². The van der Waals surface area contributed by atoms with Gasteiger partial charge in [-0.3, -0.25) is 13.8 Å². The molecule has 0 amide bonds. The van der Waals surface area contributed by atoms with Crippen molar-refractivity contribution in [2.75, 3.05) is 54.1 Å². The number of quaternary nitrogens is 1. The summed E-state index contributed by atoms with van der Waals surface area (Å²) in [6, 6.07) is 0. The van der Waals surface area contributed by atoms with Crippen LogP contribution in [-0.2, 0) is 27.9 Å². The van der Waals surface area contributed by atoms with Crippen LogP contribution in [0, 0.1) is 0 Å². The molecule has 0 fully saturated rings. The first-order valence-corrected chi connectivity index (χ1v) is 19.1. The van der Waals surface area contributed by atoms with Crippen LogP contribution in [0.3, 0.4) is 0 Å². The second kappa shape index (κ2) is 29.4. The zero-order valence-corrected chi connectivity index (χ0v) is 30.0. The molecular weight excluding hydrogens is 577 g/mol. The lowest BCUT2D eigenvalue weighted by Gasteiger charge is -2.24. The molecule has 8 nitrogen and oxygen atoms in total. The molecule has 0 aromatic carbocycles. The minimum absolute atomic E-state index is 0.0871. The number of allylic oxidation sites excluding steroid dienone is 4. The maximum atomic E-state index is 12.4. The van der Waals surface area contributed by atoms with Crippen molar-refractivity contribution in [3.8, 4) is 0 Å². The molecular formula is C35H69NO7P+. The van der Waals surface area contributed by atoms with Gasteiger partial charge in [0.05, 0.1) is 34.4 Å². The maximum Gasteiger partial charge on any atom is 0.472 e. The van der Waals surface area contributed by atoms with Gasteiger partial charge in [-0.15, -0.1) is 0 Å². The SMILES string of the molecule is CCCCC/C=C\C/C=C\CCCCCCCCOCC(COP(=O)(O)OCC[N+](C)(C)C)OC(=O)CCCCCCCC. The van der Waals surface area contributed by atoms with E-state index in [0.717, 1.165) is 44.9 Å². The quantitative estimate of drug-likeness (QED) is 0.0256. The Kier molecular flexibility index (Phi) is 28.7. The summed E-state index contributed by atoms with van der Waals surface area (Å²) < 4.78 is 34.6. The summed E-state index contributed by atoms with van der Waals surface area (Å²) in [4.78, 5) is 22.5. The van der Waals surface area contributed by atoms with E-state index < -0.39 is 13.9 Å². The van der Waals surface area contributed by atoms with E-state index in [1.54, 1.807) is 0 Å². The van der Waals surface area contributed by atoms with Crippen molar-refractivity contribution >= 4 is 13.8 Å². The van der Waals surface area contributed by atoms with Gasteiger partial charge in [0.1, 0.15) is 19.3 Å². The molecule has 9 heteroatoms. The molecule has 0 rings (SSSR count). The number of phosphoric ester groups is 1. The summed E-state index contributed by atoms with van der Waals surface area (Å²) in [6.45, 7) is 5.49. The third kappa shape index (κ3) is 32.4. The predicted octanol–water partition coefficient (Wildman–Crippen LogP) is 9.32. The molecule has 1 N–H and O–H groups in total. The zero-order chi connectivity index (χ0) is 32.8. The highest BCUT2D eigenvalue weighted by Crippen LogP contribution is 2.43. The van der Waals surface area contributed by atoms with Crippen molar-refractivity contribution < 1.29 is 37.3 Å². The van der Waals surface area contributed by atoms with Gasteiger partial charge in [-0.2, -0.15) is 0 Å². The molecule has 0 saturated heterocycles. The fourth-order valence-corrected chi connectivity index (χ4v) is 5.20. The van der Waals surface area contributed by atoms with Gasteiger partial charge in [0.2, 0.25) is 0 Å². The molecule has 0 aromatic heterocycles. The number of likely N-dealkylation sites (N-methyl/N-ethyl adjacent to an activating group) is 1. The molecule has 0 spiro atoms. The summed E-state index contributed by atoms with van der Waals surface area (Å²) in [5.74, 6) is -0.329. The largest absolute Gasteiger partial charge is 0.472 e. The lowest BCUT2D eigenvalue weighted by molar-refractivity contribution is -0.870. The third-order valence-electron chi connectivity index (χ3n) is 7.27.